The monoisotopic (exact) mass is 632 g/mol. The highest BCUT2D eigenvalue weighted by molar-refractivity contribution is 7.96. The van der Waals surface area contributed by atoms with Gasteiger partial charge in [0.05, 0.1) is 12.0 Å². The first kappa shape index (κ1) is 32.8. The number of carboxylic acid groups (broad SMARTS) is 1. The molecule has 0 aromatic heterocycles. The van der Waals surface area contributed by atoms with E-state index >= 15 is 0 Å². The van der Waals surface area contributed by atoms with E-state index in [1.54, 1.807) is 42.5 Å². The van der Waals surface area contributed by atoms with Crippen LogP contribution in [0.25, 0.3) is 17.2 Å². The Kier molecular flexibility index (Phi) is 12.4. The summed E-state index contributed by atoms with van der Waals surface area (Å²) in [6.07, 6.45) is 4.51. The van der Waals surface area contributed by atoms with Crippen LogP contribution >= 0.6 is 23.6 Å². The lowest BCUT2D eigenvalue weighted by Gasteiger charge is -2.12. The van der Waals surface area contributed by atoms with Gasteiger partial charge in [-0.25, -0.2) is 4.39 Å². The van der Waals surface area contributed by atoms with Gasteiger partial charge in [0.15, 0.2) is 0 Å². The number of likely N-dealkylation sites (N-methyl/N-ethyl adjacent to an activating group) is 1. The highest BCUT2D eigenvalue weighted by Gasteiger charge is 2.20. The number of carbonyl (C=O) groups is 1. The smallest absolute Gasteiger partial charge is 0.320 e. The lowest BCUT2D eigenvalue weighted by molar-refractivity contribution is -0.136. The zero-order valence-corrected chi connectivity index (χ0v) is 26.1. The highest BCUT2D eigenvalue weighted by atomic mass is 35.5. The van der Waals surface area contributed by atoms with E-state index in [1.807, 2.05) is 79.7 Å². The maximum atomic E-state index is 14.5. The van der Waals surface area contributed by atoms with Crippen molar-refractivity contribution in [2.45, 2.75) is 18.1 Å². The topological polar surface area (TPSA) is 71.4 Å². The van der Waals surface area contributed by atoms with Crippen LogP contribution in [-0.2, 0) is 16.1 Å². The van der Waals surface area contributed by atoms with E-state index in [2.05, 4.69) is 5.16 Å². The van der Waals surface area contributed by atoms with Crippen molar-refractivity contribution >= 4 is 41.4 Å². The van der Waals surface area contributed by atoms with Gasteiger partial charge < -0.3 is 19.0 Å². The van der Waals surface area contributed by atoms with Gasteiger partial charge in [-0.3, -0.25) is 4.79 Å². The molecule has 228 valence electrons. The van der Waals surface area contributed by atoms with Crippen LogP contribution in [-0.4, -0.2) is 54.2 Å². The Hall–Kier alpha value is -4.11. The van der Waals surface area contributed by atoms with Gasteiger partial charge in [0.2, 0.25) is 0 Å². The van der Waals surface area contributed by atoms with E-state index in [9.17, 15) is 14.3 Å². The summed E-state index contributed by atoms with van der Waals surface area (Å²) in [5, 5.41) is 13.9. The predicted molar refractivity (Wildman–Crippen MR) is 178 cm³/mol. The van der Waals surface area contributed by atoms with Crippen LogP contribution in [0.15, 0.2) is 108 Å². The number of aliphatic carboxylic acids is 1. The molecule has 0 aliphatic rings. The number of allylic oxidation sites excluding steroid dienone is 1. The third-order valence-corrected chi connectivity index (χ3v) is 7.83. The normalized spacial score (nSPS) is 12.4. The van der Waals surface area contributed by atoms with Crippen molar-refractivity contribution in [1.82, 2.24) is 4.90 Å². The molecule has 44 heavy (non-hydrogen) atoms. The molecular formula is C35H34ClFN2O4S. The van der Waals surface area contributed by atoms with Crippen molar-refractivity contribution in [3.63, 3.8) is 0 Å². The molecule has 0 spiro atoms. The molecule has 0 radical (unpaired) electrons. The standard InChI is InChI=1S/C35H34ClFN2O4S/c1-39(2)23-24-42-38-33(31-5-3-4-6-32(31)37)21-11-26-9-19-30(20-10-26)43-44-34(35(40)41)22-12-25-7-13-27(14-8-25)28-15-17-29(36)18-16-28/h3-11,13-21,34H,12,22-24H2,1-2H3,(H,40,41)/b21-11+,38-33-. The molecule has 0 fully saturated rings. The fraction of sp³-hybridized carbons (Fsp3) is 0.200. The van der Waals surface area contributed by atoms with Crippen molar-refractivity contribution in [2.24, 2.45) is 5.16 Å². The lowest BCUT2D eigenvalue weighted by atomic mass is 10.0. The minimum absolute atomic E-state index is 0.335. The number of hydrogen-bond acceptors (Lipinski definition) is 6. The molecule has 4 aromatic rings. The first-order chi connectivity index (χ1) is 21.3. The second-order valence-corrected chi connectivity index (χ2v) is 11.6. The number of benzene rings is 4. The summed E-state index contributed by atoms with van der Waals surface area (Å²) < 4.78 is 20.2. The Balaban J connectivity index is 1.32. The van der Waals surface area contributed by atoms with Crippen LogP contribution in [0.5, 0.6) is 5.75 Å². The fourth-order valence-corrected chi connectivity index (χ4v) is 4.88. The molecular weight excluding hydrogens is 599 g/mol. The van der Waals surface area contributed by atoms with Crippen molar-refractivity contribution in [3.05, 3.63) is 131 Å². The van der Waals surface area contributed by atoms with Crippen LogP contribution in [0.2, 0.25) is 5.02 Å². The zero-order chi connectivity index (χ0) is 31.3. The van der Waals surface area contributed by atoms with Gasteiger partial charge in [0.25, 0.3) is 0 Å². The Morgan fingerprint density at radius 2 is 1.64 bits per heavy atom. The van der Waals surface area contributed by atoms with Gasteiger partial charge in [-0.2, -0.15) is 0 Å². The molecule has 0 saturated heterocycles. The number of halogens is 2. The molecule has 0 aliphatic heterocycles. The van der Waals surface area contributed by atoms with Crippen LogP contribution in [0.4, 0.5) is 4.39 Å². The summed E-state index contributed by atoms with van der Waals surface area (Å²) in [7, 11) is 3.87. The fourth-order valence-electron chi connectivity index (χ4n) is 4.12. The first-order valence-electron chi connectivity index (χ1n) is 14.1. The van der Waals surface area contributed by atoms with E-state index < -0.39 is 17.0 Å². The number of hydrogen-bond donors (Lipinski definition) is 1. The molecule has 1 atom stereocenters. The average Bonchev–Trinajstić information content (AvgIpc) is 3.02. The summed E-state index contributed by atoms with van der Waals surface area (Å²) in [6, 6.07) is 29.3. The van der Waals surface area contributed by atoms with E-state index in [-0.39, 0.29) is 0 Å². The molecule has 0 saturated carbocycles. The molecule has 0 heterocycles. The summed E-state index contributed by atoms with van der Waals surface area (Å²) in [4.78, 5) is 19.3. The Morgan fingerprint density at radius 1 is 0.977 bits per heavy atom. The number of rotatable bonds is 15. The van der Waals surface area contributed by atoms with Crippen molar-refractivity contribution in [2.75, 3.05) is 27.2 Å². The highest BCUT2D eigenvalue weighted by Crippen LogP contribution is 2.26. The van der Waals surface area contributed by atoms with E-state index in [4.69, 9.17) is 20.6 Å². The molecule has 9 heteroatoms. The van der Waals surface area contributed by atoms with Crippen LogP contribution < -0.4 is 4.18 Å². The van der Waals surface area contributed by atoms with Crippen molar-refractivity contribution < 1.29 is 23.3 Å². The molecule has 0 amide bonds. The van der Waals surface area contributed by atoms with Crippen molar-refractivity contribution in [1.29, 1.82) is 0 Å². The number of oxime groups is 1. The molecule has 0 bridgehead atoms. The van der Waals surface area contributed by atoms with Gasteiger partial charge in [-0.1, -0.05) is 83.5 Å². The number of nitrogens with zero attached hydrogens (tertiary/aromatic N) is 2. The van der Waals surface area contributed by atoms with Crippen LogP contribution in [0.1, 0.15) is 23.1 Å². The predicted octanol–water partition coefficient (Wildman–Crippen LogP) is 8.25. The van der Waals surface area contributed by atoms with Gasteiger partial charge >= 0.3 is 5.97 Å². The molecule has 6 nitrogen and oxygen atoms in total. The minimum Gasteiger partial charge on any atom is -0.480 e. The summed E-state index contributed by atoms with van der Waals surface area (Å²) in [5.74, 6) is -0.795. The zero-order valence-electron chi connectivity index (χ0n) is 24.5. The second-order valence-electron chi connectivity index (χ2n) is 10.2. The van der Waals surface area contributed by atoms with Gasteiger partial charge in [-0.05, 0) is 91.7 Å². The summed E-state index contributed by atoms with van der Waals surface area (Å²) in [5.41, 5.74) is 4.71. The van der Waals surface area contributed by atoms with Crippen LogP contribution in [0, 0.1) is 5.82 Å². The molecule has 4 rings (SSSR count). The molecule has 4 aromatic carbocycles. The second kappa shape index (κ2) is 16.7. The van der Waals surface area contributed by atoms with E-state index in [0.29, 0.717) is 48.0 Å². The Morgan fingerprint density at radius 3 is 2.27 bits per heavy atom. The molecule has 1 N–H and O–H groups in total. The van der Waals surface area contributed by atoms with Gasteiger partial charge in [-0.15, -0.1) is 0 Å². The summed E-state index contributed by atoms with van der Waals surface area (Å²) >= 11 is 6.91. The third-order valence-electron chi connectivity index (χ3n) is 6.62. The Labute approximate surface area is 267 Å². The first-order valence-corrected chi connectivity index (χ1v) is 15.3. The quantitative estimate of drug-likeness (QED) is 0.0616. The summed E-state index contributed by atoms with van der Waals surface area (Å²) in [6.45, 7) is 1.05. The minimum atomic E-state index is -0.930. The van der Waals surface area contributed by atoms with Crippen molar-refractivity contribution in [3.8, 4) is 16.9 Å². The SMILES string of the molecule is CN(C)CCO/N=C(/C=C/c1ccc(OSC(CCc2ccc(-c3ccc(Cl)cc3)cc2)C(=O)O)cc1)c1ccccc1F. The molecule has 0 aliphatic carbocycles. The largest absolute Gasteiger partial charge is 0.480 e. The average molecular weight is 633 g/mol. The number of aryl methyl sites for hydroxylation is 1. The number of carboxylic acids is 1. The molecule has 1 unspecified atom stereocenters. The maximum Gasteiger partial charge on any atom is 0.320 e. The van der Waals surface area contributed by atoms with Gasteiger partial charge in [0.1, 0.15) is 29.1 Å². The lowest BCUT2D eigenvalue weighted by Crippen LogP contribution is -2.18. The van der Waals surface area contributed by atoms with Crippen LogP contribution in [0.3, 0.4) is 0 Å². The third kappa shape index (κ3) is 10.3. The van der Waals surface area contributed by atoms with E-state index in [0.717, 1.165) is 34.3 Å². The Bertz CT molecular complexity index is 1560. The van der Waals surface area contributed by atoms with Gasteiger partial charge in [0, 0.05) is 17.1 Å². The van der Waals surface area contributed by atoms with E-state index in [1.165, 1.54) is 6.07 Å². The maximum absolute atomic E-state index is 14.5.